The highest BCUT2D eigenvalue weighted by molar-refractivity contribution is 7.90. The van der Waals surface area contributed by atoms with E-state index in [-0.39, 0.29) is 0 Å². The lowest BCUT2D eigenvalue weighted by Gasteiger charge is -2.51. The standard InChI is InChI=1S/C35H58O58S10/c1-63-12-10(7-69-99(48,49)50)73-32(24(15(12)64-2)80-92-97(44)45)76-18-16(65-3)26(83-95-90-88-41)33(78-22(18)29(36)37)75-14-9(6-68-91-96(42)43)72-34(28(86-103(60,61)62)21(14)84-101(54,55)56)77-19-17(66-4)27(85-102(57,58)59)35(79-23(19)30(38)39)74-13-11(8-70-100(51,52)53)71-31(67-5)25(81-93-98(46)47)20(13)82-94-89-87-40/h9-28,31-35,40-41H,6-8H2,1-5H3,(H,36,37)(H,38,39)(H,42,43)(H,44,45)(H,46,47)(H,48,49,50)(H,51,52,53)(H,54,55,56)(H,57,58,59)(H,60,61,62)/t9?,10-,11-,12-,13-,14+,15?,16?,17-,18+,19-,20?,21+,22+,23?,24?,25?,26?,27?,28?,31+,32-,33+,34+,35-/m1/s1. The molecular formula is C35H58O58S10. The molecule has 0 radical (unpaired) electrons. The highest BCUT2D eigenvalue weighted by Crippen LogP contribution is 2.42. The van der Waals surface area contributed by atoms with Crippen LogP contribution in [0.1, 0.15) is 0 Å². The number of carboxylic acid groups (broad SMARTS) is 2. The fourth-order valence-corrected chi connectivity index (χ4v) is 13.2. The van der Waals surface area contributed by atoms with Crippen LogP contribution in [0.5, 0.6) is 0 Å². The summed E-state index contributed by atoms with van der Waals surface area (Å²) in [6.07, 6.45) is -64.2. The van der Waals surface area contributed by atoms with E-state index in [9.17, 15) is 111 Å². The first kappa shape index (κ1) is 91.8. The fraction of sp³-hybridized carbons (Fsp3) is 0.943. The predicted molar refractivity (Wildman–Crippen MR) is 298 cm³/mol. The molecule has 0 aromatic heterocycles. The van der Waals surface area contributed by atoms with Gasteiger partial charge < -0.3 is 76.5 Å². The van der Waals surface area contributed by atoms with E-state index in [1.165, 1.54) is 0 Å². The molecule has 0 amide bonds. The normalized spacial score (nSPS) is 36.0. The molecule has 5 fully saturated rings. The molecule has 58 nitrogen and oxygen atoms in total. The SMILES string of the molecule is COC1C(OSOOO)[C@@H](O[C@H]2C(COOS(=O)O)O[C@@H](O[C@H]3C(C(=O)O)O[C@@H](O[C@H]4C(OSOOO)C(OOS(=O)O)[C@@H](OC)O[C@@H]4COS(=O)(=O)O)C(OS(=O)(=O)O)[C@@H]3OC)C(OS(=O)(=O)O)[C@H]2OS(=O)(=O)O)O[C@H](C(=O)O)[C@H]1O[C@H]1O[C@H](COS(=O)(=O)O)[C@@H](OC)C(OC)C1OOS(=O)O. The largest absolute Gasteiger partial charge is 0.479 e. The molecule has 0 aromatic carbocycles. The number of aliphatic carboxylic acids is 2. The molecule has 0 spiro atoms. The Morgan fingerprint density at radius 3 is 1.11 bits per heavy atom. The Morgan fingerprint density at radius 2 is 0.709 bits per heavy atom. The number of hydrogen-bond donors (Lipinski definition) is 12. The molecule has 5 rings (SSSR count). The molecule has 28 atom stereocenters. The van der Waals surface area contributed by atoms with E-state index < -0.39 is 296 Å². The molecule has 606 valence electrons. The molecule has 5 saturated heterocycles. The van der Waals surface area contributed by atoms with Crippen LogP contribution in [0, 0.1) is 0 Å². The third-order valence-electron chi connectivity index (χ3n) is 13.4. The minimum atomic E-state index is -6.34. The lowest BCUT2D eigenvalue weighted by Crippen LogP contribution is -2.70. The van der Waals surface area contributed by atoms with Gasteiger partial charge in [0.05, 0.1) is 13.2 Å². The zero-order valence-corrected chi connectivity index (χ0v) is 58.9. The molecule has 0 aliphatic carbocycles. The molecule has 0 aromatic rings. The van der Waals surface area contributed by atoms with Gasteiger partial charge in [-0.05, 0) is 0 Å². The average Bonchev–Trinajstić information content (AvgIpc) is 0.756. The van der Waals surface area contributed by atoms with Crippen molar-refractivity contribution in [2.45, 2.75) is 154 Å². The van der Waals surface area contributed by atoms with E-state index in [2.05, 4.69) is 49.2 Å². The summed E-state index contributed by atoms with van der Waals surface area (Å²) in [6.45, 7) is -4.40. The summed E-state index contributed by atoms with van der Waals surface area (Å²) < 4.78 is 371. The van der Waals surface area contributed by atoms with E-state index >= 15 is 0 Å². The van der Waals surface area contributed by atoms with E-state index in [0.29, 0.717) is 14.2 Å². The van der Waals surface area contributed by atoms with E-state index in [1.54, 1.807) is 0 Å². The zero-order valence-electron chi connectivity index (χ0n) is 50.8. The van der Waals surface area contributed by atoms with Crippen molar-refractivity contribution in [1.82, 2.24) is 0 Å². The highest BCUT2D eigenvalue weighted by atomic mass is 32.3. The summed E-state index contributed by atoms with van der Waals surface area (Å²) in [5.74, 6) is -4.61. The summed E-state index contributed by atoms with van der Waals surface area (Å²) in [5.41, 5.74) is 0. The second kappa shape index (κ2) is 41.5. The van der Waals surface area contributed by atoms with Gasteiger partial charge in [0.1, 0.15) is 86.0 Å². The quantitative estimate of drug-likeness (QED) is 0.00673. The Hall–Kier alpha value is -1.80. The minimum absolute atomic E-state index is 0.432. The van der Waals surface area contributed by atoms with Crippen LogP contribution in [0.3, 0.4) is 0 Å². The topological polar surface area (TPSA) is 785 Å². The van der Waals surface area contributed by atoms with E-state index in [1.807, 2.05) is 0 Å². The van der Waals surface area contributed by atoms with Gasteiger partial charge in [-0.25, -0.2) is 55.7 Å². The van der Waals surface area contributed by atoms with E-state index in [0.717, 1.165) is 21.3 Å². The van der Waals surface area contributed by atoms with Crippen LogP contribution in [-0.2, 0) is 238 Å². The van der Waals surface area contributed by atoms with Crippen LogP contribution < -0.4 is 0 Å². The maximum absolute atomic E-state index is 13.5. The second-order valence-corrected chi connectivity index (χ2v) is 27.3. The first-order chi connectivity index (χ1) is 48.0. The van der Waals surface area contributed by atoms with Crippen LogP contribution >= 0.6 is 24.6 Å². The third-order valence-corrected chi connectivity index (χ3v) is 17.1. The fourth-order valence-electron chi connectivity index (χ4n) is 9.92. The first-order valence-electron chi connectivity index (χ1n) is 26.1. The van der Waals surface area contributed by atoms with Gasteiger partial charge in [-0.3, -0.25) is 44.8 Å². The first-order valence-corrected chi connectivity index (χ1v) is 37.4. The average molecular weight is 1730 g/mol. The molecule has 12 N–H and O–H groups in total. The van der Waals surface area contributed by atoms with Crippen molar-refractivity contribution in [1.29, 1.82) is 0 Å². The lowest BCUT2D eigenvalue weighted by molar-refractivity contribution is -0.436. The van der Waals surface area contributed by atoms with Gasteiger partial charge in [-0.1, -0.05) is 10.1 Å². The molecule has 5 aliphatic heterocycles. The molecule has 103 heavy (non-hydrogen) atoms. The van der Waals surface area contributed by atoms with Crippen molar-refractivity contribution in [2.24, 2.45) is 0 Å². The van der Waals surface area contributed by atoms with Gasteiger partial charge in [0.15, 0.2) is 98.8 Å². The van der Waals surface area contributed by atoms with Crippen molar-refractivity contribution in [2.75, 3.05) is 55.4 Å². The van der Waals surface area contributed by atoms with Crippen molar-refractivity contribution in [3.05, 3.63) is 0 Å². The second-order valence-electron chi connectivity index (χ2n) is 19.3. The molecule has 5 aliphatic rings. The lowest BCUT2D eigenvalue weighted by atomic mass is 9.95. The van der Waals surface area contributed by atoms with Crippen molar-refractivity contribution in [3.63, 3.8) is 0 Å². The summed E-state index contributed by atoms with van der Waals surface area (Å²) >= 11 is -11.2. The van der Waals surface area contributed by atoms with Gasteiger partial charge >= 0.3 is 98.0 Å². The maximum Gasteiger partial charge on any atom is 0.397 e. The summed E-state index contributed by atoms with van der Waals surface area (Å²) in [6, 6.07) is 0. The van der Waals surface area contributed by atoms with Crippen molar-refractivity contribution in [3.8, 4) is 0 Å². The Balaban J connectivity index is 1.70. The van der Waals surface area contributed by atoms with Gasteiger partial charge in [-0.2, -0.15) is 54.7 Å². The summed E-state index contributed by atoms with van der Waals surface area (Å²) in [5, 5.41) is 46.4. The predicted octanol–water partition coefficient (Wildman–Crippen LogP) is -7.04. The number of carboxylic acids is 2. The van der Waals surface area contributed by atoms with Gasteiger partial charge in [0, 0.05) is 35.5 Å². The highest BCUT2D eigenvalue weighted by Gasteiger charge is 2.63. The van der Waals surface area contributed by atoms with E-state index in [4.69, 9.17) is 103 Å². The molecule has 5 heterocycles. The Bertz CT molecular complexity index is 3340. The van der Waals surface area contributed by atoms with Crippen molar-refractivity contribution >= 4 is 123 Å². The zero-order chi connectivity index (χ0) is 77.3. The Kier molecular flexibility index (Phi) is 37.0. The van der Waals surface area contributed by atoms with Gasteiger partial charge in [0.25, 0.3) is 0 Å². The van der Waals surface area contributed by atoms with Crippen LogP contribution in [0.4, 0.5) is 0 Å². The molecule has 13 unspecified atom stereocenters. The molecule has 0 saturated carbocycles. The molecule has 0 bridgehead atoms. The van der Waals surface area contributed by atoms with Crippen molar-refractivity contribution < 1.29 is 263 Å². The van der Waals surface area contributed by atoms with Crippen LogP contribution in [0.25, 0.3) is 0 Å². The number of methoxy groups -OCH3 is 5. The van der Waals surface area contributed by atoms with Crippen LogP contribution in [-0.4, -0.2) is 333 Å². The monoisotopic (exact) mass is 1730 g/mol. The summed E-state index contributed by atoms with van der Waals surface area (Å²) in [7, 11) is -25.8. The number of ether oxygens (including phenoxy) is 14. The summed E-state index contributed by atoms with van der Waals surface area (Å²) in [4.78, 5) is 41.5. The minimum Gasteiger partial charge on any atom is -0.479 e. The molecule has 68 heteroatoms. The third kappa shape index (κ3) is 28.2. The van der Waals surface area contributed by atoms with Crippen LogP contribution in [0.15, 0.2) is 0 Å². The number of hydrogen-bond acceptors (Lipinski definition) is 50. The maximum atomic E-state index is 13.5. The molecular weight excluding hydrogens is 1670 g/mol. The van der Waals surface area contributed by atoms with Gasteiger partial charge in [-0.15, -0.1) is 21.7 Å². The Morgan fingerprint density at radius 1 is 0.379 bits per heavy atom. The Labute approximate surface area is 592 Å². The number of carbonyl (C=O) groups is 2. The van der Waals surface area contributed by atoms with Crippen LogP contribution in [0.2, 0.25) is 0 Å². The van der Waals surface area contributed by atoms with Gasteiger partial charge in [0.2, 0.25) is 0 Å². The number of rotatable bonds is 45. The smallest absolute Gasteiger partial charge is 0.397 e.